The van der Waals surface area contributed by atoms with Crippen molar-refractivity contribution in [3.8, 4) is 0 Å². The molecular weight excluding hydrogens is 231 g/mol. The van der Waals surface area contributed by atoms with Gasteiger partial charge in [0.05, 0.1) is 6.54 Å². The van der Waals surface area contributed by atoms with E-state index in [9.17, 15) is 9.18 Å². The Morgan fingerprint density at radius 3 is 2.67 bits per heavy atom. The third-order valence-corrected chi connectivity index (χ3v) is 2.54. The van der Waals surface area contributed by atoms with E-state index in [0.29, 0.717) is 17.6 Å². The van der Waals surface area contributed by atoms with Gasteiger partial charge < -0.3 is 10.6 Å². The van der Waals surface area contributed by atoms with Crippen LogP contribution >= 0.6 is 0 Å². The van der Waals surface area contributed by atoms with Gasteiger partial charge >= 0.3 is 0 Å². The van der Waals surface area contributed by atoms with E-state index in [0.717, 1.165) is 6.42 Å². The van der Waals surface area contributed by atoms with E-state index in [4.69, 9.17) is 0 Å². The van der Waals surface area contributed by atoms with E-state index >= 15 is 0 Å². The number of carbonyl (C=O) groups excluding carboxylic acids is 1. The standard InChI is InChI=1S/C14H21FN2O/c1-10(2)7-11(3)16-9-14(18)17-13-6-4-5-12(15)8-13/h4-6,8,10-11,16H,7,9H2,1-3H3,(H,17,18). The number of anilines is 1. The molecule has 0 bridgehead atoms. The topological polar surface area (TPSA) is 41.1 Å². The van der Waals surface area contributed by atoms with Crippen molar-refractivity contribution in [2.75, 3.05) is 11.9 Å². The molecule has 0 saturated carbocycles. The number of hydrogen-bond acceptors (Lipinski definition) is 2. The summed E-state index contributed by atoms with van der Waals surface area (Å²) in [7, 11) is 0. The second kappa shape index (κ2) is 7.11. The van der Waals surface area contributed by atoms with Crippen LogP contribution in [0.2, 0.25) is 0 Å². The first-order valence-electron chi connectivity index (χ1n) is 6.26. The maximum absolute atomic E-state index is 12.9. The molecule has 1 aromatic rings. The number of halogens is 1. The van der Waals surface area contributed by atoms with Crippen LogP contribution in [0.5, 0.6) is 0 Å². The van der Waals surface area contributed by atoms with Gasteiger partial charge in [-0.15, -0.1) is 0 Å². The molecule has 1 aromatic carbocycles. The Bertz CT molecular complexity index is 393. The number of benzene rings is 1. The van der Waals surface area contributed by atoms with Gasteiger partial charge in [0, 0.05) is 11.7 Å². The SMILES string of the molecule is CC(C)CC(C)NCC(=O)Nc1cccc(F)c1. The number of nitrogens with one attached hydrogen (secondary N) is 2. The Balaban J connectivity index is 2.34. The predicted molar refractivity (Wildman–Crippen MR) is 71.9 cm³/mol. The molecule has 0 radical (unpaired) electrons. The summed E-state index contributed by atoms with van der Waals surface area (Å²) in [6, 6.07) is 6.18. The summed E-state index contributed by atoms with van der Waals surface area (Å²) in [6.45, 7) is 6.58. The first-order chi connectivity index (χ1) is 8.47. The zero-order valence-electron chi connectivity index (χ0n) is 11.2. The zero-order valence-corrected chi connectivity index (χ0v) is 11.2. The number of carbonyl (C=O) groups is 1. The highest BCUT2D eigenvalue weighted by atomic mass is 19.1. The summed E-state index contributed by atoms with van der Waals surface area (Å²) in [5, 5.41) is 5.79. The highest BCUT2D eigenvalue weighted by Crippen LogP contribution is 2.08. The van der Waals surface area contributed by atoms with Gasteiger partial charge in [-0.1, -0.05) is 19.9 Å². The maximum atomic E-state index is 12.9. The minimum Gasteiger partial charge on any atom is -0.325 e. The van der Waals surface area contributed by atoms with Crippen molar-refractivity contribution in [1.82, 2.24) is 5.32 Å². The molecular formula is C14H21FN2O. The number of hydrogen-bond donors (Lipinski definition) is 2. The van der Waals surface area contributed by atoms with E-state index in [2.05, 4.69) is 31.4 Å². The molecule has 1 unspecified atom stereocenters. The summed E-state index contributed by atoms with van der Waals surface area (Å²) < 4.78 is 12.9. The van der Waals surface area contributed by atoms with Gasteiger partial charge in [0.2, 0.25) is 5.91 Å². The summed E-state index contributed by atoms with van der Waals surface area (Å²) in [4.78, 5) is 11.6. The Morgan fingerprint density at radius 2 is 2.06 bits per heavy atom. The first kappa shape index (κ1) is 14.6. The Hall–Kier alpha value is -1.42. The lowest BCUT2D eigenvalue weighted by Crippen LogP contribution is -2.35. The van der Waals surface area contributed by atoms with Crippen molar-refractivity contribution in [1.29, 1.82) is 0 Å². The summed E-state index contributed by atoms with van der Waals surface area (Å²) >= 11 is 0. The van der Waals surface area contributed by atoms with Crippen molar-refractivity contribution in [2.24, 2.45) is 5.92 Å². The monoisotopic (exact) mass is 252 g/mol. The normalized spacial score (nSPS) is 12.5. The highest BCUT2D eigenvalue weighted by Gasteiger charge is 2.07. The Labute approximate surface area is 108 Å². The van der Waals surface area contributed by atoms with Crippen LogP contribution in [0.15, 0.2) is 24.3 Å². The van der Waals surface area contributed by atoms with Crippen molar-refractivity contribution in [3.05, 3.63) is 30.1 Å². The third kappa shape index (κ3) is 5.77. The van der Waals surface area contributed by atoms with Crippen molar-refractivity contribution >= 4 is 11.6 Å². The molecule has 0 heterocycles. The van der Waals surface area contributed by atoms with Crippen LogP contribution in [0.25, 0.3) is 0 Å². The van der Waals surface area contributed by atoms with Crippen LogP contribution in [0.1, 0.15) is 27.2 Å². The zero-order chi connectivity index (χ0) is 13.5. The molecule has 0 spiro atoms. The van der Waals surface area contributed by atoms with E-state index in [1.54, 1.807) is 12.1 Å². The molecule has 0 aliphatic carbocycles. The fourth-order valence-electron chi connectivity index (χ4n) is 1.83. The average Bonchev–Trinajstić information content (AvgIpc) is 2.25. The van der Waals surface area contributed by atoms with Gasteiger partial charge in [-0.05, 0) is 37.5 Å². The molecule has 1 rings (SSSR count). The van der Waals surface area contributed by atoms with Crippen molar-refractivity contribution in [3.63, 3.8) is 0 Å². The van der Waals surface area contributed by atoms with Crippen LogP contribution in [-0.4, -0.2) is 18.5 Å². The molecule has 100 valence electrons. The second-order valence-corrected chi connectivity index (χ2v) is 4.97. The fourth-order valence-corrected chi connectivity index (χ4v) is 1.83. The highest BCUT2D eigenvalue weighted by molar-refractivity contribution is 5.92. The molecule has 0 aromatic heterocycles. The lowest BCUT2D eigenvalue weighted by Gasteiger charge is -2.15. The average molecular weight is 252 g/mol. The van der Waals surface area contributed by atoms with Crippen LogP contribution in [-0.2, 0) is 4.79 Å². The van der Waals surface area contributed by atoms with Gasteiger partial charge in [-0.25, -0.2) is 4.39 Å². The lowest BCUT2D eigenvalue weighted by atomic mass is 10.1. The van der Waals surface area contributed by atoms with Crippen molar-refractivity contribution < 1.29 is 9.18 Å². The third-order valence-electron chi connectivity index (χ3n) is 2.54. The molecule has 0 aliphatic heterocycles. The molecule has 1 atom stereocenters. The van der Waals surface area contributed by atoms with E-state index < -0.39 is 0 Å². The predicted octanol–water partition coefficient (Wildman–Crippen LogP) is 2.79. The minimum atomic E-state index is -0.353. The first-order valence-corrected chi connectivity index (χ1v) is 6.26. The smallest absolute Gasteiger partial charge is 0.238 e. The summed E-state index contributed by atoms with van der Waals surface area (Å²) in [6.07, 6.45) is 1.02. The van der Waals surface area contributed by atoms with E-state index in [1.165, 1.54) is 12.1 Å². The van der Waals surface area contributed by atoms with Gasteiger partial charge in [0.1, 0.15) is 5.82 Å². The van der Waals surface area contributed by atoms with E-state index in [1.807, 2.05) is 0 Å². The summed E-state index contributed by atoms with van der Waals surface area (Å²) in [5.41, 5.74) is 0.485. The Morgan fingerprint density at radius 1 is 1.33 bits per heavy atom. The Kier molecular flexibility index (Phi) is 5.78. The fraction of sp³-hybridized carbons (Fsp3) is 0.500. The number of rotatable bonds is 6. The molecule has 0 fully saturated rings. The second-order valence-electron chi connectivity index (χ2n) is 4.97. The van der Waals surface area contributed by atoms with E-state index in [-0.39, 0.29) is 18.3 Å². The molecule has 0 saturated heterocycles. The van der Waals surface area contributed by atoms with Crippen LogP contribution in [0.4, 0.5) is 10.1 Å². The van der Waals surface area contributed by atoms with Gasteiger partial charge in [0.15, 0.2) is 0 Å². The molecule has 0 aliphatic rings. The molecule has 18 heavy (non-hydrogen) atoms. The summed E-state index contributed by atoms with van der Waals surface area (Å²) in [5.74, 6) is 0.0870. The van der Waals surface area contributed by atoms with Gasteiger partial charge in [0.25, 0.3) is 0 Å². The lowest BCUT2D eigenvalue weighted by molar-refractivity contribution is -0.115. The maximum Gasteiger partial charge on any atom is 0.238 e. The van der Waals surface area contributed by atoms with Crippen LogP contribution < -0.4 is 10.6 Å². The van der Waals surface area contributed by atoms with Crippen molar-refractivity contribution in [2.45, 2.75) is 33.2 Å². The van der Waals surface area contributed by atoms with Crippen LogP contribution in [0, 0.1) is 11.7 Å². The minimum absolute atomic E-state index is 0.156. The van der Waals surface area contributed by atoms with Crippen LogP contribution in [0.3, 0.4) is 0 Å². The molecule has 3 nitrogen and oxygen atoms in total. The molecule has 1 amide bonds. The van der Waals surface area contributed by atoms with Gasteiger partial charge in [-0.3, -0.25) is 4.79 Å². The molecule has 4 heteroatoms. The number of amides is 1. The largest absolute Gasteiger partial charge is 0.325 e. The quantitative estimate of drug-likeness (QED) is 0.817. The molecule has 2 N–H and O–H groups in total. The van der Waals surface area contributed by atoms with Gasteiger partial charge in [-0.2, -0.15) is 0 Å².